The van der Waals surface area contributed by atoms with E-state index in [4.69, 9.17) is 5.11 Å². The molecule has 1 fully saturated rings. The fraction of sp³-hybridized carbons (Fsp3) is 0.385. The van der Waals surface area contributed by atoms with Gasteiger partial charge in [-0.2, -0.15) is 4.37 Å². The van der Waals surface area contributed by atoms with E-state index in [9.17, 15) is 18.0 Å². The molecule has 2 aromatic rings. The number of aromatic carboxylic acids is 1. The third-order valence-corrected chi connectivity index (χ3v) is 4.19. The van der Waals surface area contributed by atoms with Gasteiger partial charge in [0.25, 0.3) is 5.92 Å². The summed E-state index contributed by atoms with van der Waals surface area (Å²) in [5, 5.41) is 8.60. The minimum absolute atomic E-state index is 0.00191. The summed E-state index contributed by atoms with van der Waals surface area (Å²) in [7, 11) is 0. The minimum Gasteiger partial charge on any atom is -0.476 e. The van der Waals surface area contributed by atoms with Crippen molar-refractivity contribution < 1.29 is 23.1 Å². The molecule has 0 atom stereocenters. The lowest BCUT2D eigenvalue weighted by Crippen LogP contribution is -2.40. The predicted octanol–water partition coefficient (Wildman–Crippen LogP) is 2.67. The standard InChI is InChI=1S/C13H11F3N4O2S/c14-8-5-7(9-18-11(12(21)22)23-19-9)6-17-10(8)20-3-1-13(15,16)2-4-20/h5-6H,1-4H2,(H,21,22). The molecule has 0 bridgehead atoms. The summed E-state index contributed by atoms with van der Waals surface area (Å²) in [6.45, 7) is 0.0444. The van der Waals surface area contributed by atoms with Crippen LogP contribution in [0.3, 0.4) is 0 Å². The molecular formula is C13H11F3N4O2S. The molecule has 1 aliphatic heterocycles. The molecule has 1 N–H and O–H groups in total. The summed E-state index contributed by atoms with van der Waals surface area (Å²) in [5.41, 5.74) is 0.234. The zero-order chi connectivity index (χ0) is 16.6. The highest BCUT2D eigenvalue weighted by molar-refractivity contribution is 7.07. The summed E-state index contributed by atoms with van der Waals surface area (Å²) >= 11 is 0.686. The van der Waals surface area contributed by atoms with E-state index in [0.717, 1.165) is 6.07 Å². The first-order valence-electron chi connectivity index (χ1n) is 6.71. The van der Waals surface area contributed by atoms with Crippen molar-refractivity contribution >= 4 is 23.3 Å². The number of carbonyl (C=O) groups is 1. The number of rotatable bonds is 3. The van der Waals surface area contributed by atoms with Crippen LogP contribution in [0.15, 0.2) is 12.3 Å². The second-order valence-electron chi connectivity index (χ2n) is 5.10. The Kier molecular flexibility index (Phi) is 3.92. The van der Waals surface area contributed by atoms with Gasteiger partial charge in [0.05, 0.1) is 0 Å². The van der Waals surface area contributed by atoms with Crippen LogP contribution in [-0.2, 0) is 0 Å². The van der Waals surface area contributed by atoms with Gasteiger partial charge < -0.3 is 10.0 Å². The highest BCUT2D eigenvalue weighted by Crippen LogP contribution is 2.31. The highest BCUT2D eigenvalue weighted by atomic mass is 32.1. The molecule has 0 spiro atoms. The number of piperidine rings is 1. The third-order valence-electron chi connectivity index (χ3n) is 3.48. The first-order chi connectivity index (χ1) is 10.9. The van der Waals surface area contributed by atoms with Gasteiger partial charge in [0.2, 0.25) is 5.01 Å². The van der Waals surface area contributed by atoms with Crippen LogP contribution in [-0.4, -0.2) is 44.4 Å². The van der Waals surface area contributed by atoms with E-state index in [1.807, 2.05) is 0 Å². The first kappa shape index (κ1) is 15.7. The summed E-state index contributed by atoms with van der Waals surface area (Å²) in [6.07, 6.45) is 0.621. The predicted molar refractivity (Wildman–Crippen MR) is 76.5 cm³/mol. The van der Waals surface area contributed by atoms with Gasteiger partial charge >= 0.3 is 5.97 Å². The van der Waals surface area contributed by atoms with Crippen LogP contribution in [0.2, 0.25) is 0 Å². The average molecular weight is 344 g/mol. The van der Waals surface area contributed by atoms with E-state index in [1.165, 1.54) is 11.1 Å². The number of carboxylic acid groups (broad SMARTS) is 1. The number of nitrogens with zero attached hydrogens (tertiary/aromatic N) is 4. The number of hydrogen-bond acceptors (Lipinski definition) is 6. The van der Waals surface area contributed by atoms with Gasteiger partial charge in [-0.3, -0.25) is 0 Å². The van der Waals surface area contributed by atoms with Crippen molar-refractivity contribution in [3.05, 3.63) is 23.1 Å². The van der Waals surface area contributed by atoms with Crippen molar-refractivity contribution in [2.45, 2.75) is 18.8 Å². The number of halogens is 3. The van der Waals surface area contributed by atoms with Crippen molar-refractivity contribution in [1.29, 1.82) is 0 Å². The lowest BCUT2D eigenvalue weighted by atomic mass is 10.1. The maximum atomic E-state index is 14.2. The Morgan fingerprint density at radius 3 is 2.61 bits per heavy atom. The number of alkyl halides is 2. The zero-order valence-electron chi connectivity index (χ0n) is 11.7. The SMILES string of the molecule is O=C(O)c1nc(-c2cnc(N3CCC(F)(F)CC3)c(F)c2)ns1. The molecule has 1 aliphatic rings. The van der Waals surface area contributed by atoms with Gasteiger partial charge in [-0.05, 0) is 17.6 Å². The number of hydrogen-bond donors (Lipinski definition) is 1. The molecular weight excluding hydrogens is 333 g/mol. The molecule has 10 heteroatoms. The van der Waals surface area contributed by atoms with Crippen LogP contribution in [0.25, 0.3) is 11.4 Å². The van der Waals surface area contributed by atoms with E-state index >= 15 is 0 Å². The lowest BCUT2D eigenvalue weighted by Gasteiger charge is -2.32. The van der Waals surface area contributed by atoms with Crippen LogP contribution < -0.4 is 4.90 Å². The van der Waals surface area contributed by atoms with Gasteiger partial charge in [0, 0.05) is 37.7 Å². The largest absolute Gasteiger partial charge is 0.476 e. The minimum atomic E-state index is -2.72. The summed E-state index contributed by atoms with van der Waals surface area (Å²) in [5.74, 6) is -4.55. The fourth-order valence-electron chi connectivity index (χ4n) is 2.26. The molecule has 6 nitrogen and oxygen atoms in total. The summed E-state index contributed by atoms with van der Waals surface area (Å²) in [6, 6.07) is 1.13. The van der Waals surface area contributed by atoms with E-state index in [-0.39, 0.29) is 48.1 Å². The first-order valence-corrected chi connectivity index (χ1v) is 7.49. The van der Waals surface area contributed by atoms with Crippen LogP contribution in [0.5, 0.6) is 0 Å². The van der Waals surface area contributed by atoms with Crippen molar-refractivity contribution in [2.75, 3.05) is 18.0 Å². The summed E-state index contributed by atoms with van der Waals surface area (Å²) < 4.78 is 44.3. The Morgan fingerprint density at radius 2 is 2.04 bits per heavy atom. The van der Waals surface area contributed by atoms with Crippen LogP contribution >= 0.6 is 11.5 Å². The second-order valence-corrected chi connectivity index (χ2v) is 5.85. The topological polar surface area (TPSA) is 79.2 Å². The molecule has 122 valence electrons. The number of carboxylic acids is 1. The van der Waals surface area contributed by atoms with Crippen molar-refractivity contribution in [1.82, 2.24) is 14.3 Å². The Hall–Kier alpha value is -2.23. The van der Waals surface area contributed by atoms with E-state index in [1.54, 1.807) is 0 Å². The Morgan fingerprint density at radius 1 is 1.35 bits per heavy atom. The summed E-state index contributed by atoms with van der Waals surface area (Å²) in [4.78, 5) is 20.0. The van der Waals surface area contributed by atoms with Gasteiger partial charge in [-0.1, -0.05) is 0 Å². The highest BCUT2D eigenvalue weighted by Gasteiger charge is 2.35. The van der Waals surface area contributed by atoms with Crippen LogP contribution in [0.4, 0.5) is 19.0 Å². The monoisotopic (exact) mass is 344 g/mol. The van der Waals surface area contributed by atoms with Crippen LogP contribution in [0.1, 0.15) is 22.6 Å². The molecule has 0 unspecified atom stereocenters. The third kappa shape index (κ3) is 3.26. The molecule has 0 radical (unpaired) electrons. The average Bonchev–Trinajstić information content (AvgIpc) is 2.98. The fourth-order valence-corrected chi connectivity index (χ4v) is 2.78. The second kappa shape index (κ2) is 5.76. The normalized spacial score (nSPS) is 17.3. The number of aromatic nitrogens is 3. The van der Waals surface area contributed by atoms with E-state index < -0.39 is 17.7 Å². The molecule has 1 saturated heterocycles. The van der Waals surface area contributed by atoms with E-state index in [0.29, 0.717) is 11.5 Å². The number of anilines is 1. The molecule has 0 saturated carbocycles. The van der Waals surface area contributed by atoms with Gasteiger partial charge in [0.1, 0.15) is 0 Å². The molecule has 3 heterocycles. The van der Waals surface area contributed by atoms with Gasteiger partial charge in [0.15, 0.2) is 17.5 Å². The Balaban J connectivity index is 1.82. The zero-order valence-corrected chi connectivity index (χ0v) is 12.5. The van der Waals surface area contributed by atoms with Crippen LogP contribution in [0, 0.1) is 5.82 Å². The molecule has 3 rings (SSSR count). The lowest BCUT2D eigenvalue weighted by molar-refractivity contribution is -0.0222. The molecule has 23 heavy (non-hydrogen) atoms. The Bertz CT molecular complexity index is 743. The maximum Gasteiger partial charge on any atom is 0.366 e. The molecule has 0 aromatic carbocycles. The van der Waals surface area contributed by atoms with Crippen molar-refractivity contribution in [3.63, 3.8) is 0 Å². The van der Waals surface area contributed by atoms with Gasteiger partial charge in [-0.15, -0.1) is 0 Å². The van der Waals surface area contributed by atoms with Crippen molar-refractivity contribution in [2.24, 2.45) is 0 Å². The number of pyridine rings is 1. The van der Waals surface area contributed by atoms with Gasteiger partial charge in [-0.25, -0.2) is 27.9 Å². The smallest absolute Gasteiger partial charge is 0.366 e. The van der Waals surface area contributed by atoms with E-state index in [2.05, 4.69) is 14.3 Å². The molecule has 0 amide bonds. The molecule has 2 aromatic heterocycles. The maximum absolute atomic E-state index is 14.2. The van der Waals surface area contributed by atoms with Crippen molar-refractivity contribution in [3.8, 4) is 11.4 Å². The molecule has 0 aliphatic carbocycles. The Labute approximate surface area is 132 Å². The quantitative estimate of drug-likeness (QED) is 0.922.